The molecule has 270 valence electrons. The number of allylic oxidation sites excluding steroid dienone is 2. The molecular weight excluding hydrogens is 755 g/mol. The Hall–Kier alpha value is -1.96. The van der Waals surface area contributed by atoms with Crippen molar-refractivity contribution in [3.8, 4) is 22.3 Å². The molecule has 0 aromatic heterocycles. The van der Waals surface area contributed by atoms with Crippen molar-refractivity contribution in [2.24, 2.45) is 5.92 Å². The summed E-state index contributed by atoms with van der Waals surface area (Å²) in [7, 11) is 0. The van der Waals surface area contributed by atoms with E-state index >= 15 is 0 Å². The normalized spacial score (nSPS) is 19.3. The van der Waals surface area contributed by atoms with Gasteiger partial charge in [-0.05, 0) is 0 Å². The van der Waals surface area contributed by atoms with E-state index in [0.717, 1.165) is 0 Å². The average Bonchev–Trinajstić information content (AvgIpc) is 3.63. The molecule has 0 N–H and O–H groups in total. The van der Waals surface area contributed by atoms with Gasteiger partial charge in [0.1, 0.15) is 0 Å². The van der Waals surface area contributed by atoms with Gasteiger partial charge in [0.15, 0.2) is 0 Å². The minimum absolute atomic E-state index is 0. The molecular formula is C47H60Cl2SiZr. The standard InChI is InChI=1S/C25H29.C20H21.2CH3.2ClH.H2Si.Zr/c1-25(2,3)22-14-12-19(13-15-22)23-11-7-10-20-16-21(17-24(20)23)18-8-5-4-6-9-18;1-14-12-16-6-5-7-18(19(16)13-14)15-8-10-17(11-9-15)20(2,3)4;;;;;;/h7,10-18H,4-6,8-9H2,1-3H3;5-13H,1-4H3;2*1H3;2*1H;1H2;. The van der Waals surface area contributed by atoms with Crippen LogP contribution in [0, 0.1) is 5.92 Å². The van der Waals surface area contributed by atoms with Gasteiger partial charge in [-0.25, -0.2) is 0 Å². The maximum absolute atomic E-state index is 3.71. The average molecular weight is 815 g/mol. The fourth-order valence-corrected chi connectivity index (χ4v) is 30.4. The molecule has 51 heavy (non-hydrogen) atoms. The van der Waals surface area contributed by atoms with Gasteiger partial charge in [0.25, 0.3) is 0 Å². The first-order valence-corrected chi connectivity index (χ1v) is 32.7. The van der Waals surface area contributed by atoms with E-state index in [0.29, 0.717) is 13.2 Å². The van der Waals surface area contributed by atoms with Gasteiger partial charge < -0.3 is 0 Å². The second kappa shape index (κ2) is 14.4. The third-order valence-electron chi connectivity index (χ3n) is 12.5. The molecule has 4 heteroatoms. The van der Waals surface area contributed by atoms with E-state index in [9.17, 15) is 0 Å². The van der Waals surface area contributed by atoms with Crippen LogP contribution in [0.15, 0.2) is 96.1 Å². The number of benzene rings is 4. The van der Waals surface area contributed by atoms with Gasteiger partial charge >= 0.3 is 302 Å². The zero-order valence-corrected chi connectivity index (χ0v) is 38.0. The van der Waals surface area contributed by atoms with Gasteiger partial charge in [0, 0.05) is 0 Å². The molecule has 0 nitrogen and oxygen atoms in total. The summed E-state index contributed by atoms with van der Waals surface area (Å²) < 4.78 is 6.73. The monoisotopic (exact) mass is 812 g/mol. The summed E-state index contributed by atoms with van der Waals surface area (Å²) in [4.78, 5) is 0. The molecule has 7 rings (SSSR count). The predicted molar refractivity (Wildman–Crippen MR) is 230 cm³/mol. The third kappa shape index (κ3) is 7.31. The summed E-state index contributed by atoms with van der Waals surface area (Å²) >= 11 is -3.71. The van der Waals surface area contributed by atoms with Gasteiger partial charge in [-0.2, -0.15) is 0 Å². The van der Waals surface area contributed by atoms with Crippen LogP contribution in [-0.2, 0) is 28.2 Å². The Kier molecular flexibility index (Phi) is 11.3. The van der Waals surface area contributed by atoms with Crippen molar-refractivity contribution in [1.29, 1.82) is 0 Å². The molecule has 0 heterocycles. The van der Waals surface area contributed by atoms with Gasteiger partial charge in [-0.15, -0.1) is 24.8 Å². The van der Waals surface area contributed by atoms with E-state index in [2.05, 4.69) is 162 Å². The van der Waals surface area contributed by atoms with Crippen molar-refractivity contribution in [2.45, 2.75) is 108 Å². The number of fused-ring (bicyclic) bond motifs is 2. The van der Waals surface area contributed by atoms with E-state index in [1.807, 2.05) is 0 Å². The number of hydrogen-bond acceptors (Lipinski definition) is 0. The molecule has 4 aromatic carbocycles. The molecule has 4 aromatic rings. The molecule has 0 amide bonds. The van der Waals surface area contributed by atoms with E-state index in [1.54, 1.807) is 22.3 Å². The van der Waals surface area contributed by atoms with Crippen molar-refractivity contribution < 1.29 is 17.4 Å². The first-order chi connectivity index (χ1) is 23.0. The Morgan fingerprint density at radius 3 is 1.45 bits per heavy atom. The molecule has 0 bridgehead atoms. The van der Waals surface area contributed by atoms with E-state index in [1.165, 1.54) is 76.6 Å². The summed E-state index contributed by atoms with van der Waals surface area (Å²) in [6.07, 6.45) is 12.1. The Morgan fingerprint density at radius 1 is 0.569 bits per heavy atom. The van der Waals surface area contributed by atoms with Crippen molar-refractivity contribution in [3.63, 3.8) is 0 Å². The molecule has 0 aliphatic heterocycles. The molecule has 1 fully saturated rings. The molecule has 1 saturated carbocycles. The number of rotatable bonds is 5. The minimum atomic E-state index is -3.71. The van der Waals surface area contributed by atoms with Gasteiger partial charge in [-0.3, -0.25) is 0 Å². The van der Waals surface area contributed by atoms with Crippen LogP contribution in [0.4, 0.5) is 0 Å². The summed E-state index contributed by atoms with van der Waals surface area (Å²) in [5.41, 5.74) is 18.2. The van der Waals surface area contributed by atoms with Crippen LogP contribution in [0.5, 0.6) is 0 Å². The van der Waals surface area contributed by atoms with Crippen molar-refractivity contribution in [1.82, 2.24) is 0 Å². The summed E-state index contributed by atoms with van der Waals surface area (Å²) in [6.45, 7) is 18.8. The first-order valence-electron chi connectivity index (χ1n) is 19.0. The Labute approximate surface area is 324 Å². The van der Waals surface area contributed by atoms with Crippen LogP contribution < -0.4 is 0 Å². The second-order valence-electron chi connectivity index (χ2n) is 18.9. The maximum atomic E-state index is 2.82. The third-order valence-corrected chi connectivity index (χ3v) is 30.1. The molecule has 0 saturated heterocycles. The maximum Gasteiger partial charge on any atom is -0.147 e. The topological polar surface area (TPSA) is 0 Å². The van der Waals surface area contributed by atoms with Crippen molar-refractivity contribution in [3.05, 3.63) is 129 Å². The van der Waals surface area contributed by atoms with E-state index in [-0.39, 0.29) is 35.6 Å². The molecule has 3 aliphatic carbocycles. The zero-order valence-electron chi connectivity index (χ0n) is 32.5. The molecule has 2 unspecified atom stereocenters. The summed E-state index contributed by atoms with van der Waals surface area (Å²) in [5, 5.41) is 0. The van der Waals surface area contributed by atoms with Crippen molar-refractivity contribution in [2.75, 3.05) is 0 Å². The van der Waals surface area contributed by atoms with E-state index in [4.69, 9.17) is 0 Å². The smallest absolute Gasteiger partial charge is 0.147 e. The summed E-state index contributed by atoms with van der Waals surface area (Å²) in [5.74, 6) is 0.706. The fraction of sp³-hybridized carbons (Fsp3) is 0.404. The number of hydrogen-bond donors (Lipinski definition) is 0. The Balaban J connectivity index is 0.00000252. The van der Waals surface area contributed by atoms with Crippen LogP contribution in [-0.4, -0.2) is 6.88 Å². The predicted octanol–water partition coefficient (Wildman–Crippen LogP) is 14.0. The van der Waals surface area contributed by atoms with Gasteiger partial charge in [0.2, 0.25) is 0 Å². The molecule has 0 radical (unpaired) electrons. The van der Waals surface area contributed by atoms with Crippen molar-refractivity contribution >= 4 is 43.8 Å². The van der Waals surface area contributed by atoms with Gasteiger partial charge in [0.05, 0.1) is 0 Å². The SMILES string of the molecule is CC1=Cc2c(-c3ccc(C(C)(C)C)cc3)cccc2[CH]1[Zr]([CH3])([CH3])(=[SiH2])[CH]1C(C2CCCCC2)=Cc2c(-c3ccc(C(C)(C)C)cc3)cccc21.Cl.Cl. The number of halogens is 2. The van der Waals surface area contributed by atoms with E-state index < -0.39 is 17.4 Å². The molecule has 3 aliphatic rings. The Morgan fingerprint density at radius 2 is 1.00 bits per heavy atom. The van der Waals surface area contributed by atoms with Crippen LogP contribution >= 0.6 is 24.8 Å². The van der Waals surface area contributed by atoms with Crippen LogP contribution in [0.25, 0.3) is 34.4 Å². The zero-order chi connectivity index (χ0) is 35.0. The Bertz CT molecular complexity index is 2040. The van der Waals surface area contributed by atoms with Crippen LogP contribution in [0.1, 0.15) is 121 Å². The minimum Gasteiger partial charge on any atom is -0.147 e. The fourth-order valence-electron chi connectivity index (χ4n) is 10.1. The van der Waals surface area contributed by atoms with Crippen LogP contribution in [0.3, 0.4) is 0 Å². The molecule has 2 atom stereocenters. The first kappa shape index (κ1) is 40.2. The quantitative estimate of drug-likeness (QED) is 0.176. The largest absolute Gasteiger partial charge is 0.147 e. The van der Waals surface area contributed by atoms with Crippen LogP contribution in [0.2, 0.25) is 9.26 Å². The second-order valence-corrected chi connectivity index (χ2v) is 49.4. The van der Waals surface area contributed by atoms with Gasteiger partial charge in [-0.1, -0.05) is 0 Å². The summed E-state index contributed by atoms with van der Waals surface area (Å²) in [6, 6.07) is 33.4. The molecule has 0 spiro atoms.